The van der Waals surface area contributed by atoms with E-state index in [1.165, 1.54) is 6.07 Å². The Morgan fingerprint density at radius 1 is 0.720 bits per heavy atom. The average molecular weight is 392 g/mol. The molecule has 0 fully saturated rings. The highest BCUT2D eigenvalue weighted by atomic mass is 35.5. The Morgan fingerprint density at radius 3 is 1.76 bits per heavy atom. The number of halogens is 2. The maximum Gasteiger partial charge on any atom is 0.242 e. The lowest BCUT2D eigenvalue weighted by molar-refractivity contribution is 0.572. The van der Waals surface area contributed by atoms with E-state index in [1.807, 2.05) is 60.7 Å². The summed E-state index contributed by atoms with van der Waals surface area (Å²) in [4.78, 5) is -0.0430. The van der Waals surface area contributed by atoms with Crippen LogP contribution in [0.2, 0.25) is 10.0 Å². The first-order chi connectivity index (χ1) is 12.0. The minimum atomic E-state index is -3.88. The largest absolute Gasteiger partial charge is 0.242 e. The smallest absolute Gasteiger partial charge is 0.207 e. The van der Waals surface area contributed by atoms with Crippen LogP contribution in [0.3, 0.4) is 0 Å². The molecule has 0 aliphatic heterocycles. The Kier molecular flexibility index (Phi) is 5.45. The van der Waals surface area contributed by atoms with Crippen molar-refractivity contribution in [3.8, 4) is 0 Å². The molecule has 6 heteroatoms. The zero-order chi connectivity index (χ0) is 17.9. The predicted octanol–water partition coefficient (Wildman–Crippen LogP) is 5.06. The van der Waals surface area contributed by atoms with Crippen molar-refractivity contribution in [3.05, 3.63) is 100 Å². The van der Waals surface area contributed by atoms with E-state index in [-0.39, 0.29) is 14.9 Å². The van der Waals surface area contributed by atoms with Crippen molar-refractivity contribution in [3.63, 3.8) is 0 Å². The molecule has 0 aromatic heterocycles. The fourth-order valence-corrected chi connectivity index (χ4v) is 4.50. The number of hydrogen-bond acceptors (Lipinski definition) is 2. The summed E-state index contributed by atoms with van der Waals surface area (Å²) >= 11 is 12.1. The number of nitrogens with one attached hydrogen (secondary N) is 1. The van der Waals surface area contributed by atoms with Gasteiger partial charge in [0.25, 0.3) is 0 Å². The second kappa shape index (κ2) is 7.58. The van der Waals surface area contributed by atoms with Crippen LogP contribution in [-0.2, 0) is 10.0 Å². The van der Waals surface area contributed by atoms with E-state index in [4.69, 9.17) is 23.2 Å². The van der Waals surface area contributed by atoms with Crippen molar-refractivity contribution in [1.82, 2.24) is 4.72 Å². The number of rotatable bonds is 5. The molecular formula is C19H15Cl2NO2S. The molecule has 0 radical (unpaired) electrons. The Hall–Kier alpha value is -1.85. The van der Waals surface area contributed by atoms with E-state index in [2.05, 4.69) is 4.72 Å². The van der Waals surface area contributed by atoms with E-state index < -0.39 is 16.1 Å². The normalized spacial score (nSPS) is 11.6. The molecule has 0 unspecified atom stereocenters. The maximum absolute atomic E-state index is 12.9. The first-order valence-corrected chi connectivity index (χ1v) is 9.79. The summed E-state index contributed by atoms with van der Waals surface area (Å²) in [5.41, 5.74) is 1.66. The molecule has 3 rings (SSSR count). The molecule has 0 saturated carbocycles. The molecule has 0 amide bonds. The van der Waals surface area contributed by atoms with Gasteiger partial charge in [-0.3, -0.25) is 0 Å². The molecule has 0 bridgehead atoms. The maximum atomic E-state index is 12.9. The fourth-order valence-electron chi connectivity index (χ4n) is 2.53. The molecule has 3 aromatic rings. The van der Waals surface area contributed by atoms with Crippen molar-refractivity contribution in [2.75, 3.05) is 0 Å². The van der Waals surface area contributed by atoms with Gasteiger partial charge < -0.3 is 0 Å². The van der Waals surface area contributed by atoms with Gasteiger partial charge in [-0.2, -0.15) is 4.72 Å². The molecule has 25 heavy (non-hydrogen) atoms. The van der Waals surface area contributed by atoms with Crippen LogP contribution in [0.15, 0.2) is 83.8 Å². The third-order valence-electron chi connectivity index (χ3n) is 3.74. The molecule has 0 heterocycles. The van der Waals surface area contributed by atoms with Crippen LogP contribution in [0, 0.1) is 0 Å². The van der Waals surface area contributed by atoms with Crippen LogP contribution >= 0.6 is 23.2 Å². The standard InChI is InChI=1S/C19H15Cl2NO2S/c20-16-12-7-13-17(18(16)21)25(23,24)22-19(14-8-3-1-4-9-14)15-10-5-2-6-11-15/h1-13,19,22H. The zero-order valence-corrected chi connectivity index (χ0v) is 15.4. The van der Waals surface area contributed by atoms with Gasteiger partial charge >= 0.3 is 0 Å². The highest BCUT2D eigenvalue weighted by Crippen LogP contribution is 2.31. The van der Waals surface area contributed by atoms with Crippen LogP contribution in [0.4, 0.5) is 0 Å². The molecule has 0 saturated heterocycles. The summed E-state index contributed by atoms with van der Waals surface area (Å²) in [6.45, 7) is 0. The minimum Gasteiger partial charge on any atom is -0.207 e. The van der Waals surface area contributed by atoms with Crippen LogP contribution in [-0.4, -0.2) is 8.42 Å². The molecule has 0 aliphatic rings. The molecule has 0 aliphatic carbocycles. The van der Waals surface area contributed by atoms with Gasteiger partial charge in [-0.25, -0.2) is 8.42 Å². The Labute approximate surface area is 157 Å². The van der Waals surface area contributed by atoms with Crippen molar-refractivity contribution < 1.29 is 8.42 Å². The summed E-state index contributed by atoms with van der Waals surface area (Å²) in [6, 6.07) is 22.7. The zero-order valence-electron chi connectivity index (χ0n) is 13.1. The van der Waals surface area contributed by atoms with Gasteiger partial charge in [0.05, 0.1) is 16.1 Å². The molecule has 0 spiro atoms. The van der Waals surface area contributed by atoms with Crippen molar-refractivity contribution in [2.24, 2.45) is 0 Å². The van der Waals surface area contributed by atoms with E-state index in [9.17, 15) is 8.42 Å². The highest BCUT2D eigenvalue weighted by molar-refractivity contribution is 7.89. The van der Waals surface area contributed by atoms with Crippen LogP contribution in [0.25, 0.3) is 0 Å². The van der Waals surface area contributed by atoms with Crippen LogP contribution in [0.1, 0.15) is 17.2 Å². The van der Waals surface area contributed by atoms with Crippen molar-refractivity contribution in [2.45, 2.75) is 10.9 Å². The number of benzene rings is 3. The third-order valence-corrected chi connectivity index (χ3v) is 6.14. The predicted molar refractivity (Wildman–Crippen MR) is 102 cm³/mol. The summed E-state index contributed by atoms with van der Waals surface area (Å²) < 4.78 is 28.6. The Balaban J connectivity index is 2.05. The van der Waals surface area contributed by atoms with E-state index in [0.717, 1.165) is 11.1 Å². The van der Waals surface area contributed by atoms with Gasteiger partial charge in [0, 0.05) is 0 Å². The Bertz CT molecular complexity index is 922. The SMILES string of the molecule is O=S(=O)(NC(c1ccccc1)c1ccccc1)c1cccc(Cl)c1Cl. The number of sulfonamides is 1. The summed E-state index contributed by atoms with van der Waals surface area (Å²) in [5, 5.41) is 0.206. The van der Waals surface area contributed by atoms with Gasteiger partial charge in [0.1, 0.15) is 4.90 Å². The lowest BCUT2D eigenvalue weighted by Crippen LogP contribution is -2.29. The van der Waals surface area contributed by atoms with E-state index in [1.54, 1.807) is 12.1 Å². The monoisotopic (exact) mass is 391 g/mol. The van der Waals surface area contributed by atoms with Gasteiger partial charge in [-0.05, 0) is 23.3 Å². The molecule has 3 nitrogen and oxygen atoms in total. The van der Waals surface area contributed by atoms with E-state index >= 15 is 0 Å². The van der Waals surface area contributed by atoms with Crippen molar-refractivity contribution >= 4 is 33.2 Å². The molecule has 3 aromatic carbocycles. The fraction of sp³-hybridized carbons (Fsp3) is 0.0526. The highest BCUT2D eigenvalue weighted by Gasteiger charge is 2.25. The first-order valence-electron chi connectivity index (χ1n) is 7.55. The average Bonchev–Trinajstić information content (AvgIpc) is 2.63. The second-order valence-electron chi connectivity index (χ2n) is 5.43. The topological polar surface area (TPSA) is 46.2 Å². The third kappa shape index (κ3) is 4.05. The van der Waals surface area contributed by atoms with Gasteiger partial charge in [-0.15, -0.1) is 0 Å². The quantitative estimate of drug-likeness (QED) is 0.660. The van der Waals surface area contributed by atoms with Crippen LogP contribution < -0.4 is 4.72 Å². The molecular weight excluding hydrogens is 377 g/mol. The van der Waals surface area contributed by atoms with Gasteiger partial charge in [-0.1, -0.05) is 89.9 Å². The van der Waals surface area contributed by atoms with E-state index in [0.29, 0.717) is 0 Å². The van der Waals surface area contributed by atoms with Crippen molar-refractivity contribution in [1.29, 1.82) is 0 Å². The summed E-state index contributed by atoms with van der Waals surface area (Å²) in [5.74, 6) is 0. The van der Waals surface area contributed by atoms with Gasteiger partial charge in [0.2, 0.25) is 10.0 Å². The molecule has 1 N–H and O–H groups in total. The molecule has 0 atom stereocenters. The lowest BCUT2D eigenvalue weighted by atomic mass is 10.00. The second-order valence-corrected chi connectivity index (χ2v) is 7.90. The van der Waals surface area contributed by atoms with Gasteiger partial charge in [0.15, 0.2) is 0 Å². The summed E-state index contributed by atoms with van der Waals surface area (Å²) in [6.07, 6.45) is 0. The molecule has 128 valence electrons. The lowest BCUT2D eigenvalue weighted by Gasteiger charge is -2.20. The first kappa shape index (κ1) is 18.0. The summed E-state index contributed by atoms with van der Waals surface area (Å²) in [7, 11) is -3.88. The minimum absolute atomic E-state index is 0.0107. The Morgan fingerprint density at radius 2 is 1.24 bits per heavy atom. The van der Waals surface area contributed by atoms with Crippen LogP contribution in [0.5, 0.6) is 0 Å². The number of hydrogen-bond donors (Lipinski definition) is 1.